The number of amides is 2. The first kappa shape index (κ1) is 17.7. The van der Waals surface area contributed by atoms with Gasteiger partial charge in [0.1, 0.15) is 0 Å². The van der Waals surface area contributed by atoms with E-state index in [9.17, 15) is 9.59 Å². The van der Waals surface area contributed by atoms with Crippen LogP contribution in [0.1, 0.15) is 37.7 Å². The molecule has 2 atom stereocenters. The molecule has 134 valence electrons. The number of piperidine rings is 1. The number of rotatable bonds is 5. The molecule has 2 amide bonds. The standard InChI is InChI=1S/C20H27N3O2/c21-19(24)17-10-6-12-23(14-17)13-16-9-4-5-11-18(16)22-20(25)15-7-2-1-3-8-15/h1-2,4-5,9,11,15,17H,3,6-8,10,12-14H2,(H2,21,24)(H,22,25)/t15-,17+/m0/s1. The van der Waals surface area contributed by atoms with Crippen LogP contribution < -0.4 is 11.1 Å². The fourth-order valence-corrected chi connectivity index (χ4v) is 3.72. The summed E-state index contributed by atoms with van der Waals surface area (Å²) >= 11 is 0. The fourth-order valence-electron chi connectivity index (χ4n) is 3.72. The lowest BCUT2D eigenvalue weighted by molar-refractivity contribution is -0.123. The number of hydrogen-bond acceptors (Lipinski definition) is 3. The number of nitrogens with two attached hydrogens (primary N) is 1. The van der Waals surface area contributed by atoms with Crippen molar-refractivity contribution in [2.45, 2.75) is 38.6 Å². The number of para-hydroxylation sites is 1. The number of allylic oxidation sites excluding steroid dienone is 2. The van der Waals surface area contributed by atoms with Gasteiger partial charge in [0.2, 0.25) is 11.8 Å². The molecule has 0 bridgehead atoms. The highest BCUT2D eigenvalue weighted by molar-refractivity contribution is 5.93. The van der Waals surface area contributed by atoms with Gasteiger partial charge in [-0.05, 0) is 50.3 Å². The van der Waals surface area contributed by atoms with E-state index in [1.54, 1.807) is 0 Å². The van der Waals surface area contributed by atoms with E-state index in [2.05, 4.69) is 22.4 Å². The zero-order valence-corrected chi connectivity index (χ0v) is 14.6. The van der Waals surface area contributed by atoms with Gasteiger partial charge in [-0.15, -0.1) is 0 Å². The Labute approximate surface area is 149 Å². The van der Waals surface area contributed by atoms with E-state index in [4.69, 9.17) is 5.73 Å². The van der Waals surface area contributed by atoms with Crippen molar-refractivity contribution in [1.29, 1.82) is 0 Å². The average molecular weight is 341 g/mol. The van der Waals surface area contributed by atoms with Crippen LogP contribution in [0.2, 0.25) is 0 Å². The highest BCUT2D eigenvalue weighted by Crippen LogP contribution is 2.24. The maximum Gasteiger partial charge on any atom is 0.227 e. The molecule has 1 fully saturated rings. The van der Waals surface area contributed by atoms with E-state index in [0.29, 0.717) is 6.54 Å². The molecule has 0 unspecified atom stereocenters. The topological polar surface area (TPSA) is 75.4 Å². The van der Waals surface area contributed by atoms with Crippen molar-refractivity contribution in [3.05, 3.63) is 42.0 Å². The van der Waals surface area contributed by atoms with E-state index in [-0.39, 0.29) is 23.7 Å². The zero-order chi connectivity index (χ0) is 17.6. The van der Waals surface area contributed by atoms with Crippen molar-refractivity contribution in [3.63, 3.8) is 0 Å². The first-order valence-corrected chi connectivity index (χ1v) is 9.19. The molecule has 0 radical (unpaired) electrons. The quantitative estimate of drug-likeness (QED) is 0.809. The predicted octanol–water partition coefficient (Wildman–Crippen LogP) is 2.68. The third kappa shape index (κ3) is 4.69. The van der Waals surface area contributed by atoms with Crippen LogP contribution >= 0.6 is 0 Å². The van der Waals surface area contributed by atoms with E-state index in [1.807, 2.05) is 24.3 Å². The molecule has 25 heavy (non-hydrogen) atoms. The summed E-state index contributed by atoms with van der Waals surface area (Å²) in [5.74, 6) is -0.112. The minimum Gasteiger partial charge on any atom is -0.369 e. The smallest absolute Gasteiger partial charge is 0.227 e. The van der Waals surface area contributed by atoms with E-state index in [0.717, 1.165) is 56.4 Å². The number of primary amides is 1. The minimum atomic E-state index is -0.211. The summed E-state index contributed by atoms with van der Waals surface area (Å²) < 4.78 is 0. The SMILES string of the molecule is NC(=O)[C@@H]1CCCN(Cc2ccccc2NC(=O)[C@H]2CC=CCC2)C1. The Kier molecular flexibility index (Phi) is 5.87. The van der Waals surface area contributed by atoms with Gasteiger partial charge < -0.3 is 11.1 Å². The molecule has 5 heteroatoms. The molecule has 1 heterocycles. The normalized spacial score (nSPS) is 24.0. The molecule has 1 aliphatic heterocycles. The van der Waals surface area contributed by atoms with Crippen LogP contribution in [0.5, 0.6) is 0 Å². The average Bonchev–Trinajstić information content (AvgIpc) is 2.64. The molecule has 0 saturated carbocycles. The van der Waals surface area contributed by atoms with Crippen molar-refractivity contribution in [2.75, 3.05) is 18.4 Å². The molecule has 3 rings (SSSR count). The van der Waals surface area contributed by atoms with Gasteiger partial charge in [-0.25, -0.2) is 0 Å². The van der Waals surface area contributed by atoms with Gasteiger partial charge in [0.25, 0.3) is 0 Å². The number of carbonyl (C=O) groups is 2. The Bertz CT molecular complexity index is 656. The van der Waals surface area contributed by atoms with Crippen LogP contribution in [0, 0.1) is 11.8 Å². The van der Waals surface area contributed by atoms with Crippen molar-refractivity contribution in [3.8, 4) is 0 Å². The number of anilines is 1. The molecule has 1 saturated heterocycles. The summed E-state index contributed by atoms with van der Waals surface area (Å²) in [4.78, 5) is 26.3. The van der Waals surface area contributed by atoms with Crippen LogP contribution in [-0.4, -0.2) is 29.8 Å². The van der Waals surface area contributed by atoms with Crippen LogP contribution in [0.25, 0.3) is 0 Å². The minimum absolute atomic E-state index is 0.0623. The highest BCUT2D eigenvalue weighted by Gasteiger charge is 2.25. The van der Waals surface area contributed by atoms with Gasteiger partial charge >= 0.3 is 0 Å². The molecule has 3 N–H and O–H groups in total. The molecule has 0 aromatic heterocycles. The second-order valence-corrected chi connectivity index (χ2v) is 7.10. The van der Waals surface area contributed by atoms with Gasteiger partial charge in [-0.3, -0.25) is 14.5 Å². The molecule has 1 aromatic carbocycles. The molecular formula is C20H27N3O2. The molecule has 0 spiro atoms. The van der Waals surface area contributed by atoms with E-state index in [1.165, 1.54) is 0 Å². The third-order valence-corrected chi connectivity index (χ3v) is 5.22. The number of benzene rings is 1. The van der Waals surface area contributed by atoms with Crippen LogP contribution in [0.3, 0.4) is 0 Å². The largest absolute Gasteiger partial charge is 0.369 e. The highest BCUT2D eigenvalue weighted by atomic mass is 16.2. The van der Waals surface area contributed by atoms with Crippen molar-refractivity contribution >= 4 is 17.5 Å². The monoisotopic (exact) mass is 341 g/mol. The summed E-state index contributed by atoms with van der Waals surface area (Å²) in [6, 6.07) is 7.94. The number of hydrogen-bond donors (Lipinski definition) is 2. The summed E-state index contributed by atoms with van der Waals surface area (Å²) in [5.41, 5.74) is 7.44. The van der Waals surface area contributed by atoms with Gasteiger partial charge in [0.15, 0.2) is 0 Å². The van der Waals surface area contributed by atoms with Gasteiger partial charge in [-0.2, -0.15) is 0 Å². The molecule has 1 aromatic rings. The molecular weight excluding hydrogens is 314 g/mol. The maximum absolute atomic E-state index is 12.5. The molecule has 2 aliphatic rings. The summed E-state index contributed by atoms with van der Waals surface area (Å²) in [6.07, 6.45) is 8.80. The lowest BCUT2D eigenvalue weighted by Gasteiger charge is -2.31. The Hall–Kier alpha value is -2.14. The Morgan fingerprint density at radius 2 is 2.00 bits per heavy atom. The molecule has 1 aliphatic carbocycles. The second kappa shape index (κ2) is 8.30. The molecule has 5 nitrogen and oxygen atoms in total. The van der Waals surface area contributed by atoms with Crippen molar-refractivity contribution in [1.82, 2.24) is 4.90 Å². The summed E-state index contributed by atoms with van der Waals surface area (Å²) in [5, 5.41) is 3.11. The van der Waals surface area contributed by atoms with Gasteiger partial charge in [-0.1, -0.05) is 30.4 Å². The Morgan fingerprint density at radius 3 is 2.76 bits per heavy atom. The van der Waals surface area contributed by atoms with Crippen molar-refractivity contribution < 1.29 is 9.59 Å². The number of carbonyl (C=O) groups excluding carboxylic acids is 2. The van der Waals surface area contributed by atoms with Crippen molar-refractivity contribution in [2.24, 2.45) is 17.6 Å². The lowest BCUT2D eigenvalue weighted by Crippen LogP contribution is -2.40. The number of likely N-dealkylation sites (tertiary alicyclic amines) is 1. The Balaban J connectivity index is 1.65. The predicted molar refractivity (Wildman–Crippen MR) is 98.7 cm³/mol. The lowest BCUT2D eigenvalue weighted by atomic mass is 9.93. The zero-order valence-electron chi connectivity index (χ0n) is 14.6. The van der Waals surface area contributed by atoms with E-state index < -0.39 is 0 Å². The number of nitrogens with zero attached hydrogens (tertiary/aromatic N) is 1. The second-order valence-electron chi connectivity index (χ2n) is 7.10. The third-order valence-electron chi connectivity index (χ3n) is 5.22. The van der Waals surface area contributed by atoms with Crippen LogP contribution in [0.15, 0.2) is 36.4 Å². The van der Waals surface area contributed by atoms with Crippen LogP contribution in [0.4, 0.5) is 5.69 Å². The van der Waals surface area contributed by atoms with E-state index >= 15 is 0 Å². The fraction of sp³-hybridized carbons (Fsp3) is 0.500. The maximum atomic E-state index is 12.5. The van der Waals surface area contributed by atoms with Gasteiger partial charge in [0.05, 0.1) is 5.92 Å². The first-order valence-electron chi connectivity index (χ1n) is 9.19. The first-order chi connectivity index (χ1) is 12.1. The summed E-state index contributed by atoms with van der Waals surface area (Å²) in [7, 11) is 0. The van der Waals surface area contributed by atoms with Crippen LogP contribution in [-0.2, 0) is 16.1 Å². The van der Waals surface area contributed by atoms with Gasteiger partial charge in [0, 0.05) is 24.7 Å². The Morgan fingerprint density at radius 1 is 1.16 bits per heavy atom. The summed E-state index contributed by atoms with van der Waals surface area (Å²) in [6.45, 7) is 2.38. The number of nitrogens with one attached hydrogen (secondary N) is 1.